The van der Waals surface area contributed by atoms with Gasteiger partial charge in [0.15, 0.2) is 11.7 Å². The first kappa shape index (κ1) is 19.5. The molecule has 0 saturated heterocycles. The molecule has 1 heterocycles. The van der Waals surface area contributed by atoms with E-state index in [-0.39, 0.29) is 0 Å². The van der Waals surface area contributed by atoms with Crippen LogP contribution in [-0.4, -0.2) is 31.8 Å². The molecule has 0 amide bonds. The SMILES string of the molecule is CN=C(NCCc1ccc(C)c(OC)c1)NCc1cc(-c2ccccc2)on1. The highest BCUT2D eigenvalue weighted by molar-refractivity contribution is 5.79. The van der Waals surface area contributed by atoms with Gasteiger partial charge >= 0.3 is 0 Å². The summed E-state index contributed by atoms with van der Waals surface area (Å²) in [6, 6.07) is 18.1. The Bertz CT molecular complexity index is 919. The van der Waals surface area contributed by atoms with Gasteiger partial charge in [-0.2, -0.15) is 0 Å². The van der Waals surface area contributed by atoms with Crippen molar-refractivity contribution in [1.29, 1.82) is 0 Å². The zero-order valence-corrected chi connectivity index (χ0v) is 16.5. The van der Waals surface area contributed by atoms with Crippen LogP contribution in [0.15, 0.2) is 64.1 Å². The molecule has 0 aliphatic heterocycles. The smallest absolute Gasteiger partial charge is 0.191 e. The molecule has 28 heavy (non-hydrogen) atoms. The topological polar surface area (TPSA) is 71.7 Å². The van der Waals surface area contributed by atoms with Crippen LogP contribution in [0.25, 0.3) is 11.3 Å². The fourth-order valence-corrected chi connectivity index (χ4v) is 2.87. The number of aliphatic imine (C=N–C) groups is 1. The summed E-state index contributed by atoms with van der Waals surface area (Å²) in [5.74, 6) is 2.40. The Balaban J connectivity index is 1.48. The van der Waals surface area contributed by atoms with Gasteiger partial charge in [-0.15, -0.1) is 0 Å². The van der Waals surface area contributed by atoms with Gasteiger partial charge in [0.05, 0.1) is 13.7 Å². The Morgan fingerprint density at radius 1 is 1.11 bits per heavy atom. The number of aromatic nitrogens is 1. The van der Waals surface area contributed by atoms with Gasteiger partial charge in [0.2, 0.25) is 0 Å². The first-order valence-electron chi connectivity index (χ1n) is 9.28. The molecule has 146 valence electrons. The molecule has 0 unspecified atom stereocenters. The number of aryl methyl sites for hydroxylation is 1. The highest BCUT2D eigenvalue weighted by Gasteiger charge is 2.07. The Morgan fingerprint density at radius 2 is 1.93 bits per heavy atom. The van der Waals surface area contributed by atoms with E-state index in [1.165, 1.54) is 5.56 Å². The number of hydrogen-bond donors (Lipinski definition) is 2. The molecular formula is C22H26N4O2. The molecule has 3 aromatic rings. The first-order valence-corrected chi connectivity index (χ1v) is 9.28. The van der Waals surface area contributed by atoms with E-state index in [1.54, 1.807) is 14.2 Å². The third-order valence-corrected chi connectivity index (χ3v) is 4.46. The maximum Gasteiger partial charge on any atom is 0.191 e. The average Bonchev–Trinajstić information content (AvgIpc) is 3.21. The molecule has 2 N–H and O–H groups in total. The number of guanidine groups is 1. The van der Waals surface area contributed by atoms with E-state index in [4.69, 9.17) is 9.26 Å². The number of hydrogen-bond acceptors (Lipinski definition) is 4. The van der Waals surface area contributed by atoms with Crippen molar-refractivity contribution in [3.8, 4) is 17.1 Å². The predicted molar refractivity (Wildman–Crippen MR) is 112 cm³/mol. The van der Waals surface area contributed by atoms with Crippen molar-refractivity contribution in [2.24, 2.45) is 4.99 Å². The van der Waals surface area contributed by atoms with E-state index >= 15 is 0 Å². The van der Waals surface area contributed by atoms with E-state index in [1.807, 2.05) is 43.3 Å². The predicted octanol–water partition coefficient (Wildman–Crippen LogP) is 3.57. The lowest BCUT2D eigenvalue weighted by atomic mass is 10.1. The second-order valence-electron chi connectivity index (χ2n) is 6.46. The van der Waals surface area contributed by atoms with Crippen molar-refractivity contribution < 1.29 is 9.26 Å². The average molecular weight is 378 g/mol. The van der Waals surface area contributed by atoms with E-state index in [0.717, 1.165) is 47.3 Å². The molecule has 0 spiro atoms. The van der Waals surface area contributed by atoms with Crippen LogP contribution in [0.3, 0.4) is 0 Å². The zero-order valence-electron chi connectivity index (χ0n) is 16.5. The van der Waals surface area contributed by atoms with Crippen molar-refractivity contribution in [2.75, 3.05) is 20.7 Å². The Hall–Kier alpha value is -3.28. The fraction of sp³-hybridized carbons (Fsp3) is 0.273. The first-order chi connectivity index (χ1) is 13.7. The monoisotopic (exact) mass is 378 g/mol. The highest BCUT2D eigenvalue weighted by atomic mass is 16.5. The van der Waals surface area contributed by atoms with Gasteiger partial charge in [-0.3, -0.25) is 4.99 Å². The van der Waals surface area contributed by atoms with Crippen LogP contribution in [-0.2, 0) is 13.0 Å². The standard InChI is InChI=1S/C22H26N4O2/c1-16-9-10-17(13-20(16)27-3)11-12-24-22(23-2)25-15-19-14-21(28-26-19)18-7-5-4-6-8-18/h4-10,13-14H,11-12,15H2,1-3H3,(H2,23,24,25). The van der Waals surface area contributed by atoms with Gasteiger partial charge in [0.25, 0.3) is 0 Å². The van der Waals surface area contributed by atoms with Gasteiger partial charge in [-0.25, -0.2) is 0 Å². The summed E-state index contributed by atoms with van der Waals surface area (Å²) in [5.41, 5.74) is 4.19. The van der Waals surface area contributed by atoms with Crippen molar-refractivity contribution in [3.05, 3.63) is 71.4 Å². The minimum Gasteiger partial charge on any atom is -0.496 e. The summed E-state index contributed by atoms with van der Waals surface area (Å²) < 4.78 is 10.8. The Morgan fingerprint density at radius 3 is 2.68 bits per heavy atom. The van der Waals surface area contributed by atoms with E-state index in [2.05, 4.69) is 39.0 Å². The maximum atomic E-state index is 5.42. The summed E-state index contributed by atoms with van der Waals surface area (Å²) in [6.07, 6.45) is 0.874. The Kier molecular flexibility index (Phi) is 6.68. The van der Waals surface area contributed by atoms with Gasteiger partial charge in [-0.05, 0) is 30.5 Å². The number of methoxy groups -OCH3 is 1. The number of nitrogens with one attached hydrogen (secondary N) is 2. The summed E-state index contributed by atoms with van der Waals surface area (Å²) in [6.45, 7) is 3.34. The molecule has 6 heteroatoms. The lowest BCUT2D eigenvalue weighted by Crippen LogP contribution is -2.37. The molecule has 3 rings (SSSR count). The molecular weight excluding hydrogens is 352 g/mol. The van der Waals surface area contributed by atoms with Crippen LogP contribution in [0.4, 0.5) is 0 Å². The minimum absolute atomic E-state index is 0.536. The number of ether oxygens (including phenoxy) is 1. The number of benzene rings is 2. The molecule has 0 bridgehead atoms. The second-order valence-corrected chi connectivity index (χ2v) is 6.46. The molecule has 2 aromatic carbocycles. The summed E-state index contributed by atoms with van der Waals surface area (Å²) in [4.78, 5) is 4.26. The van der Waals surface area contributed by atoms with Crippen LogP contribution in [0.2, 0.25) is 0 Å². The third-order valence-electron chi connectivity index (χ3n) is 4.46. The molecule has 0 radical (unpaired) electrons. The quantitative estimate of drug-likeness (QED) is 0.486. The van der Waals surface area contributed by atoms with Gasteiger partial charge in [0, 0.05) is 25.2 Å². The normalized spacial score (nSPS) is 11.3. The molecule has 0 saturated carbocycles. The molecule has 0 fully saturated rings. The van der Waals surface area contributed by atoms with E-state index < -0.39 is 0 Å². The molecule has 0 aliphatic rings. The number of nitrogens with zero attached hydrogens (tertiary/aromatic N) is 2. The second kappa shape index (κ2) is 9.60. The summed E-state index contributed by atoms with van der Waals surface area (Å²) in [7, 11) is 3.45. The van der Waals surface area contributed by atoms with Crippen LogP contribution in [0, 0.1) is 6.92 Å². The number of rotatable bonds is 7. The van der Waals surface area contributed by atoms with Crippen LogP contribution in [0.5, 0.6) is 5.75 Å². The van der Waals surface area contributed by atoms with Gasteiger partial charge < -0.3 is 19.9 Å². The van der Waals surface area contributed by atoms with Crippen molar-refractivity contribution in [2.45, 2.75) is 19.9 Å². The fourth-order valence-electron chi connectivity index (χ4n) is 2.87. The summed E-state index contributed by atoms with van der Waals surface area (Å²) in [5, 5.41) is 10.7. The lowest BCUT2D eigenvalue weighted by molar-refractivity contribution is 0.411. The van der Waals surface area contributed by atoms with Crippen molar-refractivity contribution in [3.63, 3.8) is 0 Å². The maximum absolute atomic E-state index is 5.42. The van der Waals surface area contributed by atoms with Gasteiger partial charge in [-0.1, -0.05) is 47.6 Å². The molecule has 0 aliphatic carbocycles. The van der Waals surface area contributed by atoms with Crippen LogP contribution in [0.1, 0.15) is 16.8 Å². The van der Waals surface area contributed by atoms with Crippen LogP contribution < -0.4 is 15.4 Å². The molecule has 6 nitrogen and oxygen atoms in total. The largest absolute Gasteiger partial charge is 0.496 e. The Labute approximate surface area is 165 Å². The van der Waals surface area contributed by atoms with Crippen molar-refractivity contribution >= 4 is 5.96 Å². The summed E-state index contributed by atoms with van der Waals surface area (Å²) >= 11 is 0. The van der Waals surface area contributed by atoms with Crippen molar-refractivity contribution in [1.82, 2.24) is 15.8 Å². The zero-order chi connectivity index (χ0) is 19.8. The van der Waals surface area contributed by atoms with Crippen LogP contribution >= 0.6 is 0 Å². The molecule has 1 aromatic heterocycles. The minimum atomic E-state index is 0.536. The van der Waals surface area contributed by atoms with E-state index in [9.17, 15) is 0 Å². The molecule has 0 atom stereocenters. The lowest BCUT2D eigenvalue weighted by Gasteiger charge is -2.12. The van der Waals surface area contributed by atoms with Gasteiger partial charge in [0.1, 0.15) is 11.4 Å². The third kappa shape index (κ3) is 5.13. The van der Waals surface area contributed by atoms with E-state index in [0.29, 0.717) is 6.54 Å². The highest BCUT2D eigenvalue weighted by Crippen LogP contribution is 2.20.